The molecule has 0 fully saturated rings. The molecule has 0 radical (unpaired) electrons. The van der Waals surface area contributed by atoms with Gasteiger partial charge in [-0.1, -0.05) is 34.8 Å². The molecule has 116 valence electrons. The Hall–Kier alpha value is -1.21. The van der Waals surface area contributed by atoms with Crippen molar-refractivity contribution in [1.82, 2.24) is 5.32 Å². The van der Waals surface area contributed by atoms with Crippen LogP contribution in [0.2, 0.25) is 15.1 Å². The highest BCUT2D eigenvalue weighted by Gasteiger charge is 2.13. The Kier molecular flexibility index (Phi) is 7.04. The molecule has 0 aliphatic rings. The lowest BCUT2D eigenvalue weighted by molar-refractivity contribution is -0.147. The summed E-state index contributed by atoms with van der Waals surface area (Å²) in [5.74, 6) is -1.63. The second-order valence-electron chi connectivity index (χ2n) is 3.98. The quantitative estimate of drug-likeness (QED) is 0.649. The van der Waals surface area contributed by atoms with Crippen LogP contribution in [-0.4, -0.2) is 41.3 Å². The fourth-order valence-corrected chi connectivity index (χ4v) is 1.87. The van der Waals surface area contributed by atoms with Gasteiger partial charge in [-0.25, -0.2) is 4.79 Å². The SMILES string of the molecule is O=C(COc1cc(Cl)c(Cl)cc1Cl)NCC[C@H](O)C(=O)O. The Labute approximate surface area is 135 Å². The van der Waals surface area contributed by atoms with Crippen molar-refractivity contribution in [2.75, 3.05) is 13.2 Å². The van der Waals surface area contributed by atoms with E-state index in [0.717, 1.165) is 0 Å². The van der Waals surface area contributed by atoms with Crippen LogP contribution in [0.25, 0.3) is 0 Å². The van der Waals surface area contributed by atoms with Gasteiger partial charge in [0.1, 0.15) is 5.75 Å². The van der Waals surface area contributed by atoms with Gasteiger partial charge in [0.05, 0.1) is 15.1 Å². The van der Waals surface area contributed by atoms with Crippen LogP contribution in [-0.2, 0) is 9.59 Å². The third-order valence-corrected chi connectivity index (χ3v) is 3.38. The lowest BCUT2D eigenvalue weighted by Gasteiger charge is -2.10. The van der Waals surface area contributed by atoms with E-state index in [0.29, 0.717) is 0 Å². The summed E-state index contributed by atoms with van der Waals surface area (Å²) in [7, 11) is 0. The molecule has 0 bridgehead atoms. The van der Waals surface area contributed by atoms with Crippen molar-refractivity contribution in [2.45, 2.75) is 12.5 Å². The van der Waals surface area contributed by atoms with E-state index < -0.39 is 18.0 Å². The number of nitrogens with one attached hydrogen (secondary N) is 1. The van der Waals surface area contributed by atoms with Gasteiger partial charge < -0.3 is 20.3 Å². The Morgan fingerprint density at radius 1 is 1.19 bits per heavy atom. The molecule has 0 saturated heterocycles. The summed E-state index contributed by atoms with van der Waals surface area (Å²) in [5, 5.41) is 20.6. The van der Waals surface area contributed by atoms with Gasteiger partial charge in [-0.15, -0.1) is 0 Å². The van der Waals surface area contributed by atoms with Crippen LogP contribution in [0.1, 0.15) is 6.42 Å². The second kappa shape index (κ2) is 8.29. The van der Waals surface area contributed by atoms with Gasteiger partial charge in [-0.3, -0.25) is 4.79 Å². The second-order valence-corrected chi connectivity index (χ2v) is 5.20. The third kappa shape index (κ3) is 5.97. The standard InChI is InChI=1S/C12H12Cl3NO5/c13-6-3-8(15)10(4-7(6)14)21-5-11(18)16-2-1-9(17)12(19)20/h3-4,9,17H,1-2,5H2,(H,16,18)(H,19,20)/t9-/m0/s1. The number of halogens is 3. The van der Waals surface area contributed by atoms with E-state index in [9.17, 15) is 9.59 Å². The molecule has 1 rings (SSSR count). The van der Waals surface area contributed by atoms with Crippen molar-refractivity contribution in [1.29, 1.82) is 0 Å². The van der Waals surface area contributed by atoms with Gasteiger partial charge in [0, 0.05) is 19.0 Å². The van der Waals surface area contributed by atoms with E-state index in [2.05, 4.69) is 5.32 Å². The number of carbonyl (C=O) groups excluding carboxylic acids is 1. The van der Waals surface area contributed by atoms with E-state index >= 15 is 0 Å². The molecule has 1 amide bonds. The summed E-state index contributed by atoms with van der Waals surface area (Å²) in [6, 6.07) is 2.77. The van der Waals surface area contributed by atoms with Crippen molar-refractivity contribution in [3.8, 4) is 5.75 Å². The van der Waals surface area contributed by atoms with Crippen LogP contribution < -0.4 is 10.1 Å². The molecule has 0 aromatic heterocycles. The molecule has 6 nitrogen and oxygen atoms in total. The summed E-state index contributed by atoms with van der Waals surface area (Å²) in [6.07, 6.45) is -1.62. The van der Waals surface area contributed by atoms with Gasteiger partial charge in [0.25, 0.3) is 5.91 Å². The maximum Gasteiger partial charge on any atom is 0.332 e. The number of aliphatic carboxylic acids is 1. The Balaban J connectivity index is 2.40. The molecule has 1 aromatic carbocycles. The van der Waals surface area contributed by atoms with Crippen LogP contribution in [0.3, 0.4) is 0 Å². The molecule has 0 aliphatic carbocycles. The van der Waals surface area contributed by atoms with Crippen molar-refractivity contribution < 1.29 is 24.5 Å². The summed E-state index contributed by atoms with van der Waals surface area (Å²) in [6.45, 7) is -0.328. The molecule has 9 heteroatoms. The number of ether oxygens (including phenoxy) is 1. The predicted octanol–water partition coefficient (Wildman–Crippen LogP) is 1.98. The maximum absolute atomic E-state index is 11.5. The topological polar surface area (TPSA) is 95.9 Å². The number of aliphatic hydroxyl groups is 1. The predicted molar refractivity (Wildman–Crippen MR) is 78.2 cm³/mol. The average molecular weight is 357 g/mol. The van der Waals surface area contributed by atoms with Crippen molar-refractivity contribution >= 4 is 46.7 Å². The fourth-order valence-electron chi connectivity index (χ4n) is 1.28. The van der Waals surface area contributed by atoms with Crippen LogP contribution in [0.5, 0.6) is 5.75 Å². The van der Waals surface area contributed by atoms with Crippen LogP contribution in [0.15, 0.2) is 12.1 Å². The number of hydrogen-bond donors (Lipinski definition) is 3. The zero-order valence-electron chi connectivity index (χ0n) is 10.6. The summed E-state index contributed by atoms with van der Waals surface area (Å²) < 4.78 is 5.17. The van der Waals surface area contributed by atoms with E-state index in [1.807, 2.05) is 0 Å². The highest BCUT2D eigenvalue weighted by atomic mass is 35.5. The lowest BCUT2D eigenvalue weighted by atomic mass is 10.2. The molecule has 1 aromatic rings. The minimum atomic E-state index is -1.52. The summed E-state index contributed by atoms with van der Waals surface area (Å²) in [4.78, 5) is 21.8. The average Bonchev–Trinajstić information content (AvgIpc) is 2.41. The third-order valence-electron chi connectivity index (χ3n) is 2.36. The maximum atomic E-state index is 11.5. The van der Waals surface area contributed by atoms with Gasteiger partial charge in [-0.05, 0) is 6.07 Å². The number of carboxylic acids is 1. The number of amides is 1. The molecule has 0 heterocycles. The van der Waals surface area contributed by atoms with Crippen molar-refractivity contribution in [3.05, 3.63) is 27.2 Å². The van der Waals surface area contributed by atoms with E-state index in [1.54, 1.807) is 0 Å². The van der Waals surface area contributed by atoms with Gasteiger partial charge in [0.15, 0.2) is 12.7 Å². The zero-order valence-corrected chi connectivity index (χ0v) is 12.9. The fraction of sp³-hybridized carbons (Fsp3) is 0.333. The Morgan fingerprint density at radius 3 is 2.43 bits per heavy atom. The number of rotatable bonds is 7. The number of benzene rings is 1. The largest absolute Gasteiger partial charge is 0.482 e. The van der Waals surface area contributed by atoms with Gasteiger partial charge >= 0.3 is 5.97 Å². The normalized spacial score (nSPS) is 11.8. The molecule has 0 saturated carbocycles. The molecule has 21 heavy (non-hydrogen) atoms. The zero-order chi connectivity index (χ0) is 16.0. The first-order valence-electron chi connectivity index (χ1n) is 5.76. The first-order valence-corrected chi connectivity index (χ1v) is 6.89. The molecular formula is C12H12Cl3NO5. The monoisotopic (exact) mass is 355 g/mol. The highest BCUT2D eigenvalue weighted by molar-refractivity contribution is 6.43. The van der Waals surface area contributed by atoms with E-state index in [-0.39, 0.29) is 40.4 Å². The molecule has 0 spiro atoms. The van der Waals surface area contributed by atoms with Gasteiger partial charge in [0.2, 0.25) is 0 Å². The van der Waals surface area contributed by atoms with E-state index in [1.165, 1.54) is 12.1 Å². The number of aliphatic hydroxyl groups excluding tert-OH is 1. The molecular weight excluding hydrogens is 344 g/mol. The number of carbonyl (C=O) groups is 2. The minimum absolute atomic E-state index is 0.00473. The molecule has 0 aliphatic heterocycles. The highest BCUT2D eigenvalue weighted by Crippen LogP contribution is 2.33. The summed E-state index contributed by atoms with van der Waals surface area (Å²) in [5.41, 5.74) is 0. The molecule has 0 unspecified atom stereocenters. The molecule has 3 N–H and O–H groups in total. The number of hydrogen-bond acceptors (Lipinski definition) is 4. The van der Waals surface area contributed by atoms with Crippen LogP contribution >= 0.6 is 34.8 Å². The molecule has 1 atom stereocenters. The first-order chi connectivity index (χ1) is 9.81. The van der Waals surface area contributed by atoms with Crippen LogP contribution in [0, 0.1) is 0 Å². The first kappa shape index (κ1) is 17.8. The Morgan fingerprint density at radius 2 is 1.81 bits per heavy atom. The summed E-state index contributed by atoms with van der Waals surface area (Å²) >= 11 is 17.4. The Bertz CT molecular complexity index is 538. The van der Waals surface area contributed by atoms with Gasteiger partial charge in [-0.2, -0.15) is 0 Å². The minimum Gasteiger partial charge on any atom is -0.482 e. The smallest absolute Gasteiger partial charge is 0.332 e. The van der Waals surface area contributed by atoms with E-state index in [4.69, 9.17) is 49.8 Å². The van der Waals surface area contributed by atoms with Crippen molar-refractivity contribution in [3.63, 3.8) is 0 Å². The van der Waals surface area contributed by atoms with Crippen LogP contribution in [0.4, 0.5) is 0 Å². The number of carboxylic acid groups (broad SMARTS) is 1. The lowest BCUT2D eigenvalue weighted by Crippen LogP contribution is -2.33. The van der Waals surface area contributed by atoms with Crippen molar-refractivity contribution in [2.24, 2.45) is 0 Å².